The number of anilines is 1. The lowest BCUT2D eigenvalue weighted by atomic mass is 9.85. The average molecular weight is 415 g/mol. The predicted molar refractivity (Wildman–Crippen MR) is 109 cm³/mol. The van der Waals surface area contributed by atoms with Gasteiger partial charge in [-0.1, -0.05) is 12.8 Å². The third-order valence-corrected chi connectivity index (χ3v) is 6.00. The Hall–Kier alpha value is -2.97. The zero-order valence-electron chi connectivity index (χ0n) is 16.7. The first-order chi connectivity index (χ1) is 14.5. The van der Waals surface area contributed by atoms with Crippen molar-refractivity contribution >= 4 is 17.8 Å². The standard InChI is InChI=1S/C21H26FN5O3/c22-17-12-23-19(26-20(28)13-5-4-6-14(9-13)25-21(29)30)10-15(17)16-11-24-27-8-3-1-2-7-18(16)27/h10-14,25H,1-9H2,(H,29,30)(H,23,26,28)/t13-,14+/m0/s1. The molecule has 9 heteroatoms. The van der Waals surface area contributed by atoms with Gasteiger partial charge in [-0.2, -0.15) is 5.10 Å². The summed E-state index contributed by atoms with van der Waals surface area (Å²) in [5.74, 6) is -0.682. The van der Waals surface area contributed by atoms with Crippen LogP contribution in [-0.4, -0.2) is 37.9 Å². The minimum atomic E-state index is -1.08. The van der Waals surface area contributed by atoms with E-state index in [0.717, 1.165) is 62.5 Å². The number of carboxylic acid groups (broad SMARTS) is 1. The smallest absolute Gasteiger partial charge is 0.404 e. The SMILES string of the molecule is O=C(O)N[C@@H]1CCC[C@H](C(=O)Nc2cc(-c3cnn4c3CCCCC4)c(F)cn2)C1. The van der Waals surface area contributed by atoms with Crippen molar-refractivity contribution in [1.82, 2.24) is 20.1 Å². The molecular formula is C21H26FN5O3. The molecule has 1 fully saturated rings. The maximum absolute atomic E-state index is 14.6. The topological polar surface area (TPSA) is 109 Å². The number of nitrogens with zero attached hydrogens (tertiary/aromatic N) is 3. The van der Waals surface area contributed by atoms with Crippen LogP contribution in [0.2, 0.25) is 0 Å². The molecule has 2 aromatic heterocycles. The van der Waals surface area contributed by atoms with Crippen LogP contribution in [0.5, 0.6) is 0 Å². The number of fused-ring (bicyclic) bond motifs is 1. The van der Waals surface area contributed by atoms with Gasteiger partial charge in [-0.05, 0) is 44.6 Å². The third-order valence-electron chi connectivity index (χ3n) is 6.00. The zero-order chi connectivity index (χ0) is 21.1. The summed E-state index contributed by atoms with van der Waals surface area (Å²) in [6.07, 6.45) is 8.45. The van der Waals surface area contributed by atoms with Crippen LogP contribution < -0.4 is 10.6 Å². The Kier molecular flexibility index (Phi) is 5.96. The van der Waals surface area contributed by atoms with E-state index >= 15 is 0 Å². The summed E-state index contributed by atoms with van der Waals surface area (Å²) in [4.78, 5) is 27.6. The van der Waals surface area contributed by atoms with E-state index in [9.17, 15) is 14.0 Å². The molecule has 30 heavy (non-hydrogen) atoms. The molecule has 4 rings (SSSR count). The first-order valence-corrected chi connectivity index (χ1v) is 10.5. The number of amides is 2. The van der Waals surface area contributed by atoms with Gasteiger partial charge < -0.3 is 15.7 Å². The van der Waals surface area contributed by atoms with Gasteiger partial charge in [0.25, 0.3) is 0 Å². The van der Waals surface area contributed by atoms with Crippen molar-refractivity contribution in [2.75, 3.05) is 5.32 Å². The van der Waals surface area contributed by atoms with Gasteiger partial charge in [0.2, 0.25) is 5.91 Å². The van der Waals surface area contributed by atoms with Crippen LogP contribution in [0.15, 0.2) is 18.5 Å². The Morgan fingerprint density at radius 2 is 2.00 bits per heavy atom. The van der Waals surface area contributed by atoms with E-state index < -0.39 is 11.9 Å². The molecule has 3 N–H and O–H groups in total. The molecule has 0 saturated heterocycles. The van der Waals surface area contributed by atoms with E-state index in [0.29, 0.717) is 24.2 Å². The van der Waals surface area contributed by atoms with E-state index in [1.54, 1.807) is 12.3 Å². The molecule has 1 saturated carbocycles. The molecule has 0 unspecified atom stereocenters. The number of carbonyl (C=O) groups is 2. The second-order valence-corrected chi connectivity index (χ2v) is 8.09. The minimum Gasteiger partial charge on any atom is -0.465 e. The monoisotopic (exact) mass is 415 g/mol. The van der Waals surface area contributed by atoms with Crippen LogP contribution in [0.3, 0.4) is 0 Å². The number of nitrogens with one attached hydrogen (secondary N) is 2. The molecule has 2 aliphatic rings. The van der Waals surface area contributed by atoms with Gasteiger partial charge in [0.15, 0.2) is 0 Å². The average Bonchev–Trinajstić information content (AvgIpc) is 2.96. The quantitative estimate of drug-likeness (QED) is 0.707. The molecule has 0 aromatic carbocycles. The van der Waals surface area contributed by atoms with Gasteiger partial charge in [-0.25, -0.2) is 14.2 Å². The van der Waals surface area contributed by atoms with E-state index in [4.69, 9.17) is 5.11 Å². The first-order valence-electron chi connectivity index (χ1n) is 10.5. The first kappa shape index (κ1) is 20.3. The van der Waals surface area contributed by atoms with Crippen LogP contribution >= 0.6 is 0 Å². The van der Waals surface area contributed by atoms with Gasteiger partial charge in [0.05, 0.1) is 12.4 Å². The summed E-state index contributed by atoms with van der Waals surface area (Å²) < 4.78 is 16.5. The summed E-state index contributed by atoms with van der Waals surface area (Å²) in [5, 5.41) is 18.6. The number of hydrogen-bond donors (Lipinski definition) is 3. The molecule has 2 atom stereocenters. The lowest BCUT2D eigenvalue weighted by Crippen LogP contribution is -2.40. The minimum absolute atomic E-state index is 0.217. The van der Waals surface area contributed by atoms with Gasteiger partial charge in [0.1, 0.15) is 11.6 Å². The fourth-order valence-corrected chi connectivity index (χ4v) is 4.50. The number of halogens is 1. The Morgan fingerprint density at radius 1 is 1.13 bits per heavy atom. The third kappa shape index (κ3) is 4.44. The van der Waals surface area contributed by atoms with Crippen molar-refractivity contribution < 1.29 is 19.1 Å². The predicted octanol–water partition coefficient (Wildman–Crippen LogP) is 3.58. The molecule has 0 radical (unpaired) electrons. The summed E-state index contributed by atoms with van der Waals surface area (Å²) in [6, 6.07) is 1.33. The molecule has 0 spiro atoms. The van der Waals surface area contributed by atoms with Gasteiger partial charge in [-0.3, -0.25) is 9.48 Å². The summed E-state index contributed by atoms with van der Waals surface area (Å²) >= 11 is 0. The van der Waals surface area contributed by atoms with Crippen LogP contribution in [-0.2, 0) is 17.8 Å². The number of aryl methyl sites for hydroxylation is 1. The summed E-state index contributed by atoms with van der Waals surface area (Å²) in [6.45, 7) is 0.832. The molecule has 3 heterocycles. The lowest BCUT2D eigenvalue weighted by molar-refractivity contribution is -0.121. The van der Waals surface area contributed by atoms with Crippen LogP contribution in [0, 0.1) is 11.7 Å². The van der Waals surface area contributed by atoms with E-state index in [2.05, 4.69) is 20.7 Å². The Bertz CT molecular complexity index is 945. The van der Waals surface area contributed by atoms with Crippen molar-refractivity contribution in [2.45, 2.75) is 64.0 Å². The van der Waals surface area contributed by atoms with Gasteiger partial charge in [0, 0.05) is 35.3 Å². The largest absolute Gasteiger partial charge is 0.465 e. The fraction of sp³-hybridized carbons (Fsp3) is 0.524. The number of rotatable bonds is 4. The number of hydrogen-bond acceptors (Lipinski definition) is 4. The number of pyridine rings is 1. The molecule has 0 bridgehead atoms. The van der Waals surface area contributed by atoms with Crippen molar-refractivity contribution in [3.8, 4) is 11.1 Å². The fourth-order valence-electron chi connectivity index (χ4n) is 4.50. The lowest BCUT2D eigenvalue weighted by Gasteiger charge is -2.28. The summed E-state index contributed by atoms with van der Waals surface area (Å²) in [7, 11) is 0. The highest BCUT2D eigenvalue weighted by Crippen LogP contribution is 2.31. The van der Waals surface area contributed by atoms with E-state index in [1.807, 2.05) is 4.68 Å². The van der Waals surface area contributed by atoms with Crippen LogP contribution in [0.1, 0.15) is 50.6 Å². The molecule has 2 aromatic rings. The van der Waals surface area contributed by atoms with E-state index in [-0.39, 0.29) is 17.9 Å². The van der Waals surface area contributed by atoms with Crippen molar-refractivity contribution in [2.24, 2.45) is 5.92 Å². The highest BCUT2D eigenvalue weighted by Gasteiger charge is 2.28. The Morgan fingerprint density at radius 3 is 2.83 bits per heavy atom. The van der Waals surface area contributed by atoms with Crippen LogP contribution in [0.4, 0.5) is 15.0 Å². The van der Waals surface area contributed by atoms with Gasteiger partial charge >= 0.3 is 6.09 Å². The molecule has 2 amide bonds. The van der Waals surface area contributed by atoms with E-state index in [1.165, 1.54) is 0 Å². The molecule has 1 aliphatic heterocycles. The highest BCUT2D eigenvalue weighted by molar-refractivity contribution is 5.92. The van der Waals surface area contributed by atoms with Crippen molar-refractivity contribution in [1.29, 1.82) is 0 Å². The molecule has 160 valence electrons. The maximum Gasteiger partial charge on any atom is 0.404 e. The Balaban J connectivity index is 1.51. The van der Waals surface area contributed by atoms with Crippen molar-refractivity contribution in [3.05, 3.63) is 30.0 Å². The molecule has 1 aliphatic carbocycles. The Labute approximate surface area is 173 Å². The summed E-state index contributed by atoms with van der Waals surface area (Å²) in [5.41, 5.74) is 2.15. The maximum atomic E-state index is 14.6. The normalized spacial score (nSPS) is 21.4. The van der Waals surface area contributed by atoms with Crippen molar-refractivity contribution in [3.63, 3.8) is 0 Å². The molecular weight excluding hydrogens is 389 g/mol. The van der Waals surface area contributed by atoms with Crippen LogP contribution in [0.25, 0.3) is 11.1 Å². The molecule has 8 nitrogen and oxygen atoms in total. The number of carbonyl (C=O) groups excluding carboxylic acids is 1. The number of aromatic nitrogens is 3. The van der Waals surface area contributed by atoms with Gasteiger partial charge in [-0.15, -0.1) is 0 Å². The second kappa shape index (κ2) is 8.81. The second-order valence-electron chi connectivity index (χ2n) is 8.09. The zero-order valence-corrected chi connectivity index (χ0v) is 16.7. The highest BCUT2D eigenvalue weighted by atomic mass is 19.1.